The minimum atomic E-state index is -4.47. The summed E-state index contributed by atoms with van der Waals surface area (Å²) in [6.45, 7) is 0.408. The van der Waals surface area contributed by atoms with E-state index in [0.717, 1.165) is 4.90 Å². The first-order valence-electron chi connectivity index (χ1n) is 5.73. The molecule has 1 aromatic rings. The largest absolute Gasteiger partial charge is 0.471 e. The number of ether oxygens (including phenoxy) is 1. The Bertz CT molecular complexity index is 439. The normalized spacial score (nSPS) is 19.5. The Morgan fingerprint density at radius 3 is 2.95 bits per heavy atom. The average molecular weight is 275 g/mol. The molecule has 0 bridgehead atoms. The van der Waals surface area contributed by atoms with Gasteiger partial charge in [-0.1, -0.05) is 0 Å². The van der Waals surface area contributed by atoms with Crippen molar-refractivity contribution in [1.82, 2.24) is 15.1 Å². The van der Waals surface area contributed by atoms with E-state index >= 15 is 0 Å². The number of carbonyl (C=O) groups is 1. The van der Waals surface area contributed by atoms with E-state index in [0.29, 0.717) is 12.3 Å². The fourth-order valence-electron chi connectivity index (χ4n) is 1.86. The SMILES string of the molecule is O=C(CC(F)(F)F)N1CCC(Oc2cccnn2)C1. The van der Waals surface area contributed by atoms with Crippen LogP contribution in [0.5, 0.6) is 5.88 Å². The summed E-state index contributed by atoms with van der Waals surface area (Å²) in [4.78, 5) is 12.5. The molecule has 0 N–H and O–H groups in total. The summed E-state index contributed by atoms with van der Waals surface area (Å²) in [6.07, 6.45) is -4.26. The molecule has 0 spiro atoms. The van der Waals surface area contributed by atoms with Crippen LogP contribution in [0.25, 0.3) is 0 Å². The first kappa shape index (κ1) is 13.6. The van der Waals surface area contributed by atoms with Crippen LogP contribution >= 0.6 is 0 Å². The topological polar surface area (TPSA) is 55.3 Å². The van der Waals surface area contributed by atoms with E-state index in [4.69, 9.17) is 4.74 Å². The number of carbonyl (C=O) groups excluding carboxylic acids is 1. The van der Waals surface area contributed by atoms with Crippen molar-refractivity contribution in [2.24, 2.45) is 0 Å². The maximum absolute atomic E-state index is 12.1. The van der Waals surface area contributed by atoms with Crippen LogP contribution in [0, 0.1) is 0 Å². The van der Waals surface area contributed by atoms with Crippen LogP contribution < -0.4 is 4.74 Å². The highest BCUT2D eigenvalue weighted by Gasteiger charge is 2.36. The molecule has 1 aromatic heterocycles. The zero-order valence-corrected chi connectivity index (χ0v) is 9.93. The van der Waals surface area contributed by atoms with E-state index in [9.17, 15) is 18.0 Å². The van der Waals surface area contributed by atoms with Crippen molar-refractivity contribution in [3.8, 4) is 5.88 Å². The first-order valence-corrected chi connectivity index (χ1v) is 5.73. The molecule has 104 valence electrons. The number of hydrogen-bond donors (Lipinski definition) is 0. The van der Waals surface area contributed by atoms with Gasteiger partial charge in [0.2, 0.25) is 11.8 Å². The molecule has 0 aliphatic carbocycles. The van der Waals surface area contributed by atoms with Gasteiger partial charge in [0.15, 0.2) is 0 Å². The molecule has 2 rings (SSSR count). The molecule has 19 heavy (non-hydrogen) atoms. The lowest BCUT2D eigenvalue weighted by Gasteiger charge is -2.17. The van der Waals surface area contributed by atoms with Gasteiger partial charge in [-0.3, -0.25) is 4.79 Å². The van der Waals surface area contributed by atoms with Crippen LogP contribution in [-0.4, -0.2) is 46.4 Å². The van der Waals surface area contributed by atoms with Gasteiger partial charge in [0.25, 0.3) is 0 Å². The Morgan fingerprint density at radius 2 is 2.32 bits per heavy atom. The summed E-state index contributed by atoms with van der Waals surface area (Å²) < 4.78 is 41.8. The van der Waals surface area contributed by atoms with E-state index in [2.05, 4.69) is 10.2 Å². The van der Waals surface area contributed by atoms with Crippen molar-refractivity contribution in [3.05, 3.63) is 18.3 Å². The van der Waals surface area contributed by atoms with E-state index < -0.39 is 18.5 Å². The van der Waals surface area contributed by atoms with E-state index in [1.54, 1.807) is 12.1 Å². The van der Waals surface area contributed by atoms with Gasteiger partial charge < -0.3 is 9.64 Å². The zero-order chi connectivity index (χ0) is 13.9. The molecule has 5 nitrogen and oxygen atoms in total. The van der Waals surface area contributed by atoms with Gasteiger partial charge in [-0.15, -0.1) is 5.10 Å². The quantitative estimate of drug-likeness (QED) is 0.837. The Morgan fingerprint density at radius 1 is 1.53 bits per heavy atom. The van der Waals surface area contributed by atoms with Crippen molar-refractivity contribution in [1.29, 1.82) is 0 Å². The van der Waals surface area contributed by atoms with Gasteiger partial charge >= 0.3 is 6.18 Å². The second kappa shape index (κ2) is 5.41. The fourth-order valence-corrected chi connectivity index (χ4v) is 1.86. The van der Waals surface area contributed by atoms with Gasteiger partial charge in [-0.2, -0.15) is 18.3 Å². The van der Waals surface area contributed by atoms with Crippen molar-refractivity contribution in [2.75, 3.05) is 13.1 Å². The highest BCUT2D eigenvalue weighted by Crippen LogP contribution is 2.23. The third-order valence-electron chi connectivity index (χ3n) is 2.68. The fraction of sp³-hybridized carbons (Fsp3) is 0.545. The summed E-state index contributed by atoms with van der Waals surface area (Å²) >= 11 is 0. The van der Waals surface area contributed by atoms with Crippen LogP contribution in [0.4, 0.5) is 13.2 Å². The molecular weight excluding hydrogens is 263 g/mol. The Balaban J connectivity index is 1.85. The lowest BCUT2D eigenvalue weighted by Crippen LogP contribution is -2.34. The molecule has 2 heterocycles. The number of likely N-dealkylation sites (tertiary alicyclic amines) is 1. The Hall–Kier alpha value is -1.86. The zero-order valence-electron chi connectivity index (χ0n) is 9.93. The van der Waals surface area contributed by atoms with Gasteiger partial charge in [-0.25, -0.2) is 0 Å². The van der Waals surface area contributed by atoms with Gasteiger partial charge in [0.05, 0.1) is 6.54 Å². The van der Waals surface area contributed by atoms with Crippen LogP contribution in [0.15, 0.2) is 18.3 Å². The Kier molecular flexibility index (Phi) is 3.87. The lowest BCUT2D eigenvalue weighted by atomic mass is 10.3. The number of aromatic nitrogens is 2. The number of alkyl halides is 3. The minimum absolute atomic E-state index is 0.144. The maximum Gasteiger partial charge on any atom is 0.397 e. The molecule has 1 unspecified atom stereocenters. The smallest absolute Gasteiger partial charge is 0.397 e. The maximum atomic E-state index is 12.1. The molecular formula is C11H12F3N3O2. The van der Waals surface area contributed by atoms with Crippen LogP contribution in [0.3, 0.4) is 0 Å². The number of amides is 1. The minimum Gasteiger partial charge on any atom is -0.471 e. The number of halogens is 3. The molecule has 1 fully saturated rings. The highest BCUT2D eigenvalue weighted by atomic mass is 19.4. The monoisotopic (exact) mass is 275 g/mol. The number of hydrogen-bond acceptors (Lipinski definition) is 4. The number of rotatable bonds is 3. The first-order chi connectivity index (χ1) is 8.94. The summed E-state index contributed by atoms with van der Waals surface area (Å²) in [5.74, 6) is -0.615. The molecule has 1 aliphatic rings. The van der Waals surface area contributed by atoms with E-state index in [-0.39, 0.29) is 19.2 Å². The summed E-state index contributed by atoms with van der Waals surface area (Å²) in [7, 11) is 0. The second-order valence-corrected chi connectivity index (χ2v) is 4.22. The van der Waals surface area contributed by atoms with Crippen molar-refractivity contribution in [2.45, 2.75) is 25.1 Å². The average Bonchev–Trinajstić information content (AvgIpc) is 2.77. The summed E-state index contributed by atoms with van der Waals surface area (Å²) in [5, 5.41) is 7.34. The predicted octanol–water partition coefficient (Wildman–Crippen LogP) is 1.41. The Labute approximate surface area is 107 Å². The molecule has 0 aromatic carbocycles. The highest BCUT2D eigenvalue weighted by molar-refractivity contribution is 5.77. The van der Waals surface area contributed by atoms with Crippen LogP contribution in [0.1, 0.15) is 12.8 Å². The summed E-state index contributed by atoms with van der Waals surface area (Å²) in [6, 6.07) is 3.25. The van der Waals surface area contributed by atoms with Crippen LogP contribution in [0.2, 0.25) is 0 Å². The van der Waals surface area contributed by atoms with E-state index in [1.165, 1.54) is 6.20 Å². The molecule has 1 amide bonds. The van der Waals surface area contributed by atoms with Gasteiger partial charge in [0, 0.05) is 25.2 Å². The third-order valence-corrected chi connectivity index (χ3v) is 2.68. The second-order valence-electron chi connectivity index (χ2n) is 4.22. The molecule has 1 saturated heterocycles. The standard InChI is InChI=1S/C11H12F3N3O2/c12-11(13,14)6-10(18)17-5-3-8(7-17)19-9-2-1-4-15-16-9/h1-2,4,8H,3,5-7H2. The van der Waals surface area contributed by atoms with Gasteiger partial charge in [-0.05, 0) is 6.07 Å². The van der Waals surface area contributed by atoms with Crippen molar-refractivity contribution < 1.29 is 22.7 Å². The van der Waals surface area contributed by atoms with Crippen LogP contribution in [-0.2, 0) is 4.79 Å². The molecule has 0 radical (unpaired) electrons. The number of nitrogens with zero attached hydrogens (tertiary/aromatic N) is 3. The molecule has 0 saturated carbocycles. The van der Waals surface area contributed by atoms with E-state index in [1.807, 2.05) is 0 Å². The molecule has 1 aliphatic heterocycles. The van der Waals surface area contributed by atoms with Crippen molar-refractivity contribution >= 4 is 5.91 Å². The summed E-state index contributed by atoms with van der Waals surface area (Å²) in [5.41, 5.74) is 0. The predicted molar refractivity (Wildman–Crippen MR) is 58.3 cm³/mol. The van der Waals surface area contributed by atoms with Gasteiger partial charge in [0.1, 0.15) is 12.5 Å². The van der Waals surface area contributed by atoms with Crippen molar-refractivity contribution in [3.63, 3.8) is 0 Å². The third kappa shape index (κ3) is 4.08. The lowest BCUT2D eigenvalue weighted by molar-refractivity contribution is -0.160. The molecule has 8 heteroatoms. The molecule has 1 atom stereocenters.